The van der Waals surface area contributed by atoms with E-state index in [1.54, 1.807) is 6.20 Å². The van der Waals surface area contributed by atoms with Gasteiger partial charge in [0, 0.05) is 31.0 Å². The first kappa shape index (κ1) is 16.9. The van der Waals surface area contributed by atoms with Crippen LogP contribution in [0.4, 0.5) is 5.82 Å². The summed E-state index contributed by atoms with van der Waals surface area (Å²) in [6.07, 6.45) is 5.39. The molecule has 0 aromatic carbocycles. The van der Waals surface area contributed by atoms with Crippen LogP contribution in [-0.2, 0) is 11.3 Å². The van der Waals surface area contributed by atoms with Crippen molar-refractivity contribution >= 4 is 11.5 Å². The van der Waals surface area contributed by atoms with E-state index in [-0.39, 0.29) is 6.04 Å². The lowest BCUT2D eigenvalue weighted by molar-refractivity contribution is 0.0984. The Kier molecular flexibility index (Phi) is 4.09. The summed E-state index contributed by atoms with van der Waals surface area (Å²) < 4.78 is 9.49. The molecule has 1 aliphatic heterocycles. The molecule has 0 saturated carbocycles. The second kappa shape index (κ2) is 6.75. The predicted octanol–water partition coefficient (Wildman–Crippen LogP) is 2.23. The van der Waals surface area contributed by atoms with Crippen molar-refractivity contribution in [3.05, 3.63) is 36.8 Å². The SMILES string of the molecule is CCn1nccc1-c1cc(N2CCOCC2C)nn2c(-c3ccn[nH]3)cnc12. The van der Waals surface area contributed by atoms with Gasteiger partial charge in [-0.3, -0.25) is 9.78 Å². The lowest BCUT2D eigenvalue weighted by Gasteiger charge is -2.34. The van der Waals surface area contributed by atoms with Crippen LogP contribution in [-0.4, -0.2) is 60.4 Å². The molecule has 4 aromatic rings. The van der Waals surface area contributed by atoms with Gasteiger partial charge < -0.3 is 9.64 Å². The molecule has 0 bridgehead atoms. The third-order valence-electron chi connectivity index (χ3n) is 5.19. The van der Waals surface area contributed by atoms with Crippen molar-refractivity contribution in [2.45, 2.75) is 26.4 Å². The van der Waals surface area contributed by atoms with Gasteiger partial charge in [0.05, 0.1) is 36.8 Å². The van der Waals surface area contributed by atoms with Gasteiger partial charge in [-0.1, -0.05) is 0 Å². The largest absolute Gasteiger partial charge is 0.377 e. The monoisotopic (exact) mass is 378 g/mol. The van der Waals surface area contributed by atoms with E-state index in [9.17, 15) is 0 Å². The maximum atomic E-state index is 5.61. The first-order valence-corrected chi connectivity index (χ1v) is 9.51. The summed E-state index contributed by atoms with van der Waals surface area (Å²) in [4.78, 5) is 6.97. The number of rotatable bonds is 4. The number of ether oxygens (including phenoxy) is 1. The number of nitrogens with one attached hydrogen (secondary N) is 1. The number of hydrogen-bond acceptors (Lipinski definition) is 6. The van der Waals surface area contributed by atoms with Crippen LogP contribution >= 0.6 is 0 Å². The van der Waals surface area contributed by atoms with Crippen molar-refractivity contribution in [1.82, 2.24) is 34.6 Å². The average Bonchev–Trinajstić information content (AvgIpc) is 3.46. The number of fused-ring (bicyclic) bond motifs is 1. The zero-order valence-electron chi connectivity index (χ0n) is 15.9. The highest BCUT2D eigenvalue weighted by Gasteiger charge is 2.24. The van der Waals surface area contributed by atoms with Gasteiger partial charge in [0.25, 0.3) is 0 Å². The number of morpholine rings is 1. The third-order valence-corrected chi connectivity index (χ3v) is 5.19. The molecule has 0 radical (unpaired) electrons. The van der Waals surface area contributed by atoms with Gasteiger partial charge in [-0.2, -0.15) is 10.2 Å². The van der Waals surface area contributed by atoms with Crippen LogP contribution in [0.1, 0.15) is 13.8 Å². The molecule has 5 rings (SSSR count). The molecule has 9 nitrogen and oxygen atoms in total. The number of aromatic nitrogens is 7. The van der Waals surface area contributed by atoms with Crippen LogP contribution in [0, 0.1) is 0 Å². The van der Waals surface area contributed by atoms with E-state index in [0.717, 1.165) is 47.2 Å². The fraction of sp³-hybridized carbons (Fsp3) is 0.368. The second-order valence-corrected chi connectivity index (χ2v) is 6.91. The summed E-state index contributed by atoms with van der Waals surface area (Å²) >= 11 is 0. The molecule has 1 N–H and O–H groups in total. The Bertz CT molecular complexity index is 1100. The number of aryl methyl sites for hydroxylation is 1. The van der Waals surface area contributed by atoms with E-state index in [1.807, 2.05) is 33.7 Å². The number of imidazole rings is 1. The standard InChI is InChI=1S/C19H22N8O/c1-3-26-16(5-7-22-26)14-10-18(25-8-9-28-12-13(25)2)24-27-17(11-20-19(14)27)15-4-6-21-23-15/h4-7,10-11,13H,3,8-9,12H2,1-2H3,(H,21,23). The molecular weight excluding hydrogens is 356 g/mol. The molecule has 0 aliphatic carbocycles. The fourth-order valence-corrected chi connectivity index (χ4v) is 3.75. The summed E-state index contributed by atoms with van der Waals surface area (Å²) in [6.45, 7) is 7.23. The van der Waals surface area contributed by atoms with Gasteiger partial charge >= 0.3 is 0 Å². The van der Waals surface area contributed by atoms with E-state index in [1.165, 1.54) is 0 Å². The zero-order chi connectivity index (χ0) is 19.1. The minimum absolute atomic E-state index is 0.252. The van der Waals surface area contributed by atoms with E-state index < -0.39 is 0 Å². The first-order valence-electron chi connectivity index (χ1n) is 9.51. The van der Waals surface area contributed by atoms with Crippen molar-refractivity contribution in [3.63, 3.8) is 0 Å². The van der Waals surface area contributed by atoms with Gasteiger partial charge in [-0.15, -0.1) is 5.10 Å². The lowest BCUT2D eigenvalue weighted by Crippen LogP contribution is -2.44. The number of anilines is 1. The summed E-state index contributed by atoms with van der Waals surface area (Å²) in [5, 5.41) is 16.5. The molecule has 1 fully saturated rings. The number of H-pyrrole nitrogens is 1. The Hall–Kier alpha value is -3.20. The van der Waals surface area contributed by atoms with E-state index in [2.05, 4.69) is 45.1 Å². The average molecular weight is 378 g/mol. The number of aromatic amines is 1. The molecule has 1 aliphatic rings. The van der Waals surface area contributed by atoms with Crippen molar-refractivity contribution in [1.29, 1.82) is 0 Å². The molecule has 1 unspecified atom stereocenters. The highest BCUT2D eigenvalue weighted by atomic mass is 16.5. The molecule has 1 saturated heterocycles. The highest BCUT2D eigenvalue weighted by Crippen LogP contribution is 2.31. The molecule has 5 heterocycles. The van der Waals surface area contributed by atoms with Gasteiger partial charge in [0.2, 0.25) is 0 Å². The Morgan fingerprint density at radius 3 is 2.96 bits per heavy atom. The fourth-order valence-electron chi connectivity index (χ4n) is 3.75. The lowest BCUT2D eigenvalue weighted by atomic mass is 10.2. The van der Waals surface area contributed by atoms with Crippen LogP contribution in [0.3, 0.4) is 0 Å². The molecule has 0 amide bonds. The minimum Gasteiger partial charge on any atom is -0.377 e. The van der Waals surface area contributed by atoms with Crippen molar-refractivity contribution < 1.29 is 4.74 Å². The molecule has 0 spiro atoms. The number of nitrogens with zero attached hydrogens (tertiary/aromatic N) is 7. The van der Waals surface area contributed by atoms with Crippen molar-refractivity contribution in [2.75, 3.05) is 24.7 Å². The Morgan fingerprint density at radius 1 is 1.25 bits per heavy atom. The van der Waals surface area contributed by atoms with Gasteiger partial charge in [-0.05, 0) is 32.0 Å². The third kappa shape index (κ3) is 2.66. The van der Waals surface area contributed by atoms with Crippen molar-refractivity contribution in [3.8, 4) is 22.6 Å². The Morgan fingerprint density at radius 2 is 2.18 bits per heavy atom. The summed E-state index contributed by atoms with van der Waals surface area (Å²) in [5.74, 6) is 0.904. The molecule has 1 atom stereocenters. The van der Waals surface area contributed by atoms with E-state index in [4.69, 9.17) is 9.84 Å². The van der Waals surface area contributed by atoms with Gasteiger partial charge in [-0.25, -0.2) is 9.50 Å². The zero-order valence-corrected chi connectivity index (χ0v) is 15.9. The van der Waals surface area contributed by atoms with Crippen LogP contribution < -0.4 is 4.90 Å². The van der Waals surface area contributed by atoms with Crippen LogP contribution in [0.2, 0.25) is 0 Å². The molecule has 28 heavy (non-hydrogen) atoms. The number of hydrogen-bond donors (Lipinski definition) is 1. The Labute approximate surface area is 161 Å². The molecule has 144 valence electrons. The quantitative estimate of drug-likeness (QED) is 0.586. The summed E-state index contributed by atoms with van der Waals surface area (Å²) in [7, 11) is 0. The van der Waals surface area contributed by atoms with Crippen LogP contribution in [0.15, 0.2) is 36.8 Å². The molecule has 9 heteroatoms. The summed E-state index contributed by atoms with van der Waals surface area (Å²) in [5.41, 5.74) is 4.58. The maximum absolute atomic E-state index is 5.61. The van der Waals surface area contributed by atoms with Crippen molar-refractivity contribution in [2.24, 2.45) is 0 Å². The highest BCUT2D eigenvalue weighted by molar-refractivity contribution is 5.79. The second-order valence-electron chi connectivity index (χ2n) is 6.91. The van der Waals surface area contributed by atoms with Gasteiger partial charge in [0.15, 0.2) is 11.5 Å². The van der Waals surface area contributed by atoms with Crippen LogP contribution in [0.5, 0.6) is 0 Å². The normalized spacial score (nSPS) is 17.5. The molecule has 4 aromatic heterocycles. The maximum Gasteiger partial charge on any atom is 0.163 e. The molecular formula is C19H22N8O. The van der Waals surface area contributed by atoms with Crippen LogP contribution in [0.25, 0.3) is 28.3 Å². The van der Waals surface area contributed by atoms with E-state index >= 15 is 0 Å². The smallest absolute Gasteiger partial charge is 0.163 e. The van der Waals surface area contributed by atoms with Gasteiger partial charge in [0.1, 0.15) is 5.69 Å². The van der Waals surface area contributed by atoms with E-state index in [0.29, 0.717) is 13.2 Å². The topological polar surface area (TPSA) is 89.2 Å². The first-order chi connectivity index (χ1) is 13.8. The minimum atomic E-state index is 0.252. The Balaban J connectivity index is 1.75. The predicted molar refractivity (Wildman–Crippen MR) is 105 cm³/mol. The summed E-state index contributed by atoms with van der Waals surface area (Å²) in [6, 6.07) is 6.31.